The predicted octanol–water partition coefficient (Wildman–Crippen LogP) is 5.03. The molecule has 0 N–H and O–H groups in total. The van der Waals surface area contributed by atoms with Crippen LogP contribution in [0.1, 0.15) is 22.5 Å². The van der Waals surface area contributed by atoms with Gasteiger partial charge in [-0.25, -0.2) is 0 Å². The topological polar surface area (TPSA) is 63.7 Å². The van der Waals surface area contributed by atoms with Crippen molar-refractivity contribution in [3.63, 3.8) is 0 Å². The quantitative estimate of drug-likeness (QED) is 0.398. The lowest BCUT2D eigenvalue weighted by Crippen LogP contribution is -2.05. The Hall–Kier alpha value is -3.56. The first-order valence-electron chi connectivity index (χ1n) is 9.52. The van der Waals surface area contributed by atoms with Crippen LogP contribution in [0.3, 0.4) is 0 Å². The molecule has 0 saturated heterocycles. The first-order chi connectivity index (χ1) is 14.8. The Morgan fingerprint density at radius 1 is 0.933 bits per heavy atom. The molecule has 148 valence electrons. The molecule has 0 bridgehead atoms. The average Bonchev–Trinajstić information content (AvgIpc) is 3.20. The molecule has 0 amide bonds. The van der Waals surface area contributed by atoms with Crippen LogP contribution in [-0.2, 0) is 12.2 Å². The molecule has 0 spiro atoms. The largest absolute Gasteiger partial charge is 0.495 e. The highest BCUT2D eigenvalue weighted by Gasteiger charge is 2.18. The van der Waals surface area contributed by atoms with E-state index < -0.39 is 0 Å². The van der Waals surface area contributed by atoms with Crippen molar-refractivity contribution in [2.24, 2.45) is 0 Å². The highest BCUT2D eigenvalue weighted by Crippen LogP contribution is 2.31. The van der Waals surface area contributed by atoms with E-state index in [0.717, 1.165) is 28.0 Å². The maximum Gasteiger partial charge on any atom is 0.196 e. The van der Waals surface area contributed by atoms with Crippen LogP contribution < -0.4 is 4.74 Å². The zero-order valence-electron chi connectivity index (χ0n) is 16.5. The first-order valence-corrected chi connectivity index (χ1v) is 10.5. The van der Waals surface area contributed by atoms with Crippen molar-refractivity contribution in [3.8, 4) is 17.5 Å². The molecule has 0 aliphatic rings. The van der Waals surface area contributed by atoms with Crippen LogP contribution in [-0.4, -0.2) is 21.9 Å². The van der Waals surface area contributed by atoms with E-state index in [4.69, 9.17) is 10.00 Å². The second kappa shape index (κ2) is 9.29. The van der Waals surface area contributed by atoms with Gasteiger partial charge in [-0.1, -0.05) is 66.4 Å². The molecule has 0 aliphatic heterocycles. The summed E-state index contributed by atoms with van der Waals surface area (Å²) in [4.78, 5) is 0. The van der Waals surface area contributed by atoms with Gasteiger partial charge in [0.25, 0.3) is 0 Å². The van der Waals surface area contributed by atoms with Gasteiger partial charge in [0.1, 0.15) is 11.6 Å². The van der Waals surface area contributed by atoms with Crippen molar-refractivity contribution < 1.29 is 4.74 Å². The minimum absolute atomic E-state index is 0.657. The number of nitriles is 1. The smallest absolute Gasteiger partial charge is 0.196 e. The predicted molar refractivity (Wildman–Crippen MR) is 118 cm³/mol. The van der Waals surface area contributed by atoms with E-state index in [1.807, 2.05) is 66.7 Å². The summed E-state index contributed by atoms with van der Waals surface area (Å²) >= 11 is 1.59. The number of hydrogen-bond acceptors (Lipinski definition) is 5. The molecule has 0 fully saturated rings. The maximum atomic E-state index is 9.14. The summed E-state index contributed by atoms with van der Waals surface area (Å²) in [7, 11) is 1.67. The molecular weight excluding hydrogens is 392 g/mol. The highest BCUT2D eigenvalue weighted by molar-refractivity contribution is 7.98. The Bertz CT molecular complexity index is 1180. The normalized spacial score (nSPS) is 10.5. The van der Waals surface area contributed by atoms with Gasteiger partial charge in [-0.3, -0.25) is 4.57 Å². The number of benzene rings is 3. The Balaban J connectivity index is 1.70. The van der Waals surface area contributed by atoms with Crippen molar-refractivity contribution in [1.29, 1.82) is 5.26 Å². The number of para-hydroxylation sites is 2. The van der Waals surface area contributed by atoms with Crippen LogP contribution in [0.4, 0.5) is 0 Å². The van der Waals surface area contributed by atoms with Crippen LogP contribution >= 0.6 is 11.8 Å². The standard InChI is InChI=1S/C24H20N4OS/c1-29-22-13-6-5-12-21(22)28-23(15-18-8-3-2-4-9-18)26-27-24(28)30-17-20-11-7-10-19(14-20)16-25/h2-14H,15,17H2,1H3. The Morgan fingerprint density at radius 3 is 2.50 bits per heavy atom. The van der Waals surface area contributed by atoms with Crippen molar-refractivity contribution in [1.82, 2.24) is 14.8 Å². The van der Waals surface area contributed by atoms with E-state index in [2.05, 4.69) is 33.0 Å². The Kier molecular flexibility index (Phi) is 6.11. The molecule has 5 nitrogen and oxygen atoms in total. The van der Waals surface area contributed by atoms with Gasteiger partial charge < -0.3 is 4.74 Å². The number of thioether (sulfide) groups is 1. The minimum atomic E-state index is 0.657. The summed E-state index contributed by atoms with van der Waals surface area (Å²) in [5.74, 6) is 2.30. The molecule has 1 heterocycles. The summed E-state index contributed by atoms with van der Waals surface area (Å²) in [5.41, 5.74) is 3.80. The molecule has 0 saturated carbocycles. The summed E-state index contributed by atoms with van der Waals surface area (Å²) in [6.07, 6.45) is 0.663. The van der Waals surface area contributed by atoms with Crippen LogP contribution in [0.25, 0.3) is 5.69 Å². The fourth-order valence-electron chi connectivity index (χ4n) is 3.22. The van der Waals surface area contributed by atoms with E-state index in [1.165, 1.54) is 5.56 Å². The summed E-state index contributed by atoms with van der Waals surface area (Å²) in [6.45, 7) is 0. The maximum absolute atomic E-state index is 9.14. The number of rotatable bonds is 7. The zero-order chi connectivity index (χ0) is 20.8. The van der Waals surface area contributed by atoms with Crippen molar-refractivity contribution in [2.75, 3.05) is 7.11 Å². The summed E-state index contributed by atoms with van der Waals surface area (Å²) in [5, 5.41) is 18.9. The molecular formula is C24H20N4OS. The van der Waals surface area contributed by atoms with E-state index in [9.17, 15) is 0 Å². The lowest BCUT2D eigenvalue weighted by molar-refractivity contribution is 0.411. The zero-order valence-corrected chi connectivity index (χ0v) is 17.3. The molecule has 0 radical (unpaired) electrons. The van der Waals surface area contributed by atoms with Crippen molar-refractivity contribution >= 4 is 11.8 Å². The second-order valence-electron chi connectivity index (χ2n) is 6.67. The third kappa shape index (κ3) is 4.37. The van der Waals surface area contributed by atoms with E-state index in [-0.39, 0.29) is 0 Å². The number of hydrogen-bond donors (Lipinski definition) is 0. The molecule has 0 aliphatic carbocycles. The van der Waals surface area contributed by atoms with E-state index in [1.54, 1.807) is 18.9 Å². The molecule has 3 aromatic carbocycles. The third-order valence-electron chi connectivity index (χ3n) is 4.66. The van der Waals surface area contributed by atoms with Gasteiger partial charge in [0.15, 0.2) is 5.16 Å². The third-order valence-corrected chi connectivity index (χ3v) is 5.66. The van der Waals surface area contributed by atoms with Crippen LogP contribution in [0.5, 0.6) is 5.75 Å². The van der Waals surface area contributed by atoms with Crippen LogP contribution in [0, 0.1) is 11.3 Å². The van der Waals surface area contributed by atoms with Crippen LogP contribution in [0.15, 0.2) is 84.0 Å². The molecule has 0 unspecified atom stereocenters. The molecule has 6 heteroatoms. The average molecular weight is 413 g/mol. The lowest BCUT2D eigenvalue weighted by atomic mass is 10.1. The van der Waals surface area contributed by atoms with Crippen molar-refractivity contribution in [2.45, 2.75) is 17.3 Å². The fourth-order valence-corrected chi connectivity index (χ4v) is 4.13. The number of aromatic nitrogens is 3. The molecule has 1 aromatic heterocycles. The Morgan fingerprint density at radius 2 is 1.70 bits per heavy atom. The van der Waals surface area contributed by atoms with Gasteiger partial charge >= 0.3 is 0 Å². The monoisotopic (exact) mass is 412 g/mol. The number of methoxy groups -OCH3 is 1. The van der Waals surface area contributed by atoms with Gasteiger partial charge in [-0.2, -0.15) is 5.26 Å². The van der Waals surface area contributed by atoms with Gasteiger partial charge in [0, 0.05) is 12.2 Å². The lowest BCUT2D eigenvalue weighted by Gasteiger charge is -2.14. The van der Waals surface area contributed by atoms with Gasteiger partial charge in [-0.05, 0) is 35.4 Å². The van der Waals surface area contributed by atoms with Gasteiger partial charge in [0.2, 0.25) is 0 Å². The number of nitrogens with zero attached hydrogens (tertiary/aromatic N) is 4. The summed E-state index contributed by atoms with van der Waals surface area (Å²) in [6, 6.07) is 27.9. The Labute approximate surface area is 180 Å². The first kappa shape index (κ1) is 19.7. The van der Waals surface area contributed by atoms with Gasteiger partial charge in [0.05, 0.1) is 24.4 Å². The summed E-state index contributed by atoms with van der Waals surface area (Å²) < 4.78 is 7.66. The van der Waals surface area contributed by atoms with Gasteiger partial charge in [-0.15, -0.1) is 10.2 Å². The highest BCUT2D eigenvalue weighted by atomic mass is 32.2. The van der Waals surface area contributed by atoms with Crippen LogP contribution in [0.2, 0.25) is 0 Å². The van der Waals surface area contributed by atoms with E-state index >= 15 is 0 Å². The second-order valence-corrected chi connectivity index (χ2v) is 7.61. The van der Waals surface area contributed by atoms with Crippen molar-refractivity contribution in [3.05, 3.63) is 101 Å². The minimum Gasteiger partial charge on any atom is -0.495 e. The molecule has 0 atom stereocenters. The van der Waals surface area contributed by atoms with E-state index in [0.29, 0.717) is 17.7 Å². The molecule has 4 rings (SSSR count). The molecule has 30 heavy (non-hydrogen) atoms. The SMILES string of the molecule is COc1ccccc1-n1c(Cc2ccccc2)nnc1SCc1cccc(C#N)c1. The molecule has 4 aromatic rings. The fraction of sp³-hybridized carbons (Fsp3) is 0.125. The number of ether oxygens (including phenoxy) is 1.